The van der Waals surface area contributed by atoms with Crippen molar-refractivity contribution in [3.8, 4) is 0 Å². The van der Waals surface area contributed by atoms with Crippen molar-refractivity contribution >= 4 is 5.78 Å². The van der Waals surface area contributed by atoms with Crippen molar-refractivity contribution in [3.05, 3.63) is 23.0 Å². The highest BCUT2D eigenvalue weighted by Gasteiger charge is 2.56. The van der Waals surface area contributed by atoms with E-state index in [1.807, 2.05) is 0 Å². The van der Waals surface area contributed by atoms with Crippen molar-refractivity contribution in [1.82, 2.24) is 0 Å². The van der Waals surface area contributed by atoms with Gasteiger partial charge < -0.3 is 4.74 Å². The second kappa shape index (κ2) is 4.97. The largest absolute Gasteiger partial charge is 0.501 e. The van der Waals surface area contributed by atoms with Gasteiger partial charge in [0.15, 0.2) is 0 Å². The smallest absolute Gasteiger partial charge is 0.139 e. The van der Waals surface area contributed by atoms with E-state index in [2.05, 4.69) is 19.9 Å². The second-order valence-corrected chi connectivity index (χ2v) is 8.27. The number of fused-ring (bicyclic) bond motifs is 4. The van der Waals surface area contributed by atoms with Gasteiger partial charge in [-0.2, -0.15) is 0 Å². The van der Waals surface area contributed by atoms with Gasteiger partial charge in [-0.15, -0.1) is 0 Å². The average Bonchev–Trinajstić information content (AvgIpc) is 2.82. The van der Waals surface area contributed by atoms with Gasteiger partial charge in [-0.1, -0.05) is 25.0 Å². The van der Waals surface area contributed by atoms with Crippen LogP contribution in [0.4, 0.5) is 0 Å². The molecule has 0 heterocycles. The standard InChI is InChI=1S/C20H28O2/c1-12-10-13-11-14(22-3)4-5-15(13)16-8-9-20(2)17(19(12)16)6-7-18(20)21/h4,12,16-17,19H,5-11H2,1-3H3/t12-,16-,17-,19+,20+/m1/s1. The number of hydrogen-bond acceptors (Lipinski definition) is 2. The molecule has 2 fully saturated rings. The first-order valence-electron chi connectivity index (χ1n) is 9.01. The molecule has 4 aliphatic carbocycles. The van der Waals surface area contributed by atoms with Gasteiger partial charge in [-0.3, -0.25) is 4.79 Å². The molecule has 0 bridgehead atoms. The summed E-state index contributed by atoms with van der Waals surface area (Å²) in [5.74, 6) is 4.53. The molecule has 2 heteroatoms. The van der Waals surface area contributed by atoms with Crippen molar-refractivity contribution < 1.29 is 9.53 Å². The Kier molecular flexibility index (Phi) is 3.29. The van der Waals surface area contributed by atoms with Crippen LogP contribution in [-0.2, 0) is 9.53 Å². The van der Waals surface area contributed by atoms with Gasteiger partial charge in [0.1, 0.15) is 5.78 Å². The molecule has 2 nitrogen and oxygen atoms in total. The molecule has 4 rings (SSSR count). The predicted molar refractivity (Wildman–Crippen MR) is 87.2 cm³/mol. The Morgan fingerprint density at radius 1 is 1.32 bits per heavy atom. The van der Waals surface area contributed by atoms with E-state index >= 15 is 0 Å². The van der Waals surface area contributed by atoms with Crippen LogP contribution in [0.15, 0.2) is 23.0 Å². The summed E-state index contributed by atoms with van der Waals surface area (Å²) in [5.41, 5.74) is 3.36. The summed E-state index contributed by atoms with van der Waals surface area (Å²) in [6.45, 7) is 4.70. The Hall–Kier alpha value is -1.05. The third-order valence-electron chi connectivity index (χ3n) is 7.37. The first kappa shape index (κ1) is 14.5. The van der Waals surface area contributed by atoms with Crippen LogP contribution in [0, 0.1) is 29.1 Å². The third-order valence-corrected chi connectivity index (χ3v) is 7.37. The van der Waals surface area contributed by atoms with E-state index in [0.717, 1.165) is 55.6 Å². The minimum Gasteiger partial charge on any atom is -0.501 e. The number of carbonyl (C=O) groups is 1. The summed E-state index contributed by atoms with van der Waals surface area (Å²) in [4.78, 5) is 12.4. The number of methoxy groups -OCH3 is 1. The zero-order valence-corrected chi connectivity index (χ0v) is 14.2. The predicted octanol–water partition coefficient (Wildman–Crippen LogP) is 4.66. The minimum absolute atomic E-state index is 0.00428. The van der Waals surface area contributed by atoms with Crippen molar-refractivity contribution in [2.75, 3.05) is 7.11 Å². The lowest BCUT2D eigenvalue weighted by Gasteiger charge is -2.52. The molecule has 120 valence electrons. The number of Topliss-reactive ketones (excluding diaryl/α,β-unsaturated/α-hetero) is 1. The average molecular weight is 300 g/mol. The van der Waals surface area contributed by atoms with Crippen LogP contribution in [0.1, 0.15) is 58.8 Å². The summed E-state index contributed by atoms with van der Waals surface area (Å²) >= 11 is 0. The lowest BCUT2D eigenvalue weighted by molar-refractivity contribution is -0.130. The van der Waals surface area contributed by atoms with Crippen LogP contribution in [0.5, 0.6) is 0 Å². The molecule has 0 aromatic rings. The fourth-order valence-corrected chi connectivity index (χ4v) is 6.23. The van der Waals surface area contributed by atoms with E-state index in [-0.39, 0.29) is 5.41 Å². The van der Waals surface area contributed by atoms with Crippen LogP contribution >= 0.6 is 0 Å². The van der Waals surface area contributed by atoms with Crippen molar-refractivity contribution in [1.29, 1.82) is 0 Å². The van der Waals surface area contributed by atoms with E-state index in [9.17, 15) is 4.79 Å². The van der Waals surface area contributed by atoms with Crippen LogP contribution in [0.25, 0.3) is 0 Å². The van der Waals surface area contributed by atoms with Crippen LogP contribution < -0.4 is 0 Å². The molecule has 0 radical (unpaired) electrons. The van der Waals surface area contributed by atoms with Gasteiger partial charge in [-0.25, -0.2) is 0 Å². The fourth-order valence-electron chi connectivity index (χ4n) is 6.23. The monoisotopic (exact) mass is 300 g/mol. The summed E-state index contributed by atoms with van der Waals surface area (Å²) < 4.78 is 5.49. The molecule has 2 saturated carbocycles. The van der Waals surface area contributed by atoms with Gasteiger partial charge in [0.25, 0.3) is 0 Å². The molecule has 0 aromatic heterocycles. The number of carbonyl (C=O) groups excluding carboxylic acids is 1. The highest BCUT2D eigenvalue weighted by molar-refractivity contribution is 5.87. The van der Waals surface area contributed by atoms with Crippen LogP contribution in [0.3, 0.4) is 0 Å². The first-order chi connectivity index (χ1) is 10.5. The molecule has 5 atom stereocenters. The molecular formula is C20H28O2. The lowest BCUT2D eigenvalue weighted by atomic mass is 9.52. The molecule has 0 amide bonds. The highest BCUT2D eigenvalue weighted by atomic mass is 16.5. The zero-order chi connectivity index (χ0) is 15.5. The number of ketones is 1. The summed E-state index contributed by atoms with van der Waals surface area (Å²) in [7, 11) is 1.79. The van der Waals surface area contributed by atoms with Gasteiger partial charge in [-0.05, 0) is 61.9 Å². The molecule has 0 N–H and O–H groups in total. The van der Waals surface area contributed by atoms with E-state index < -0.39 is 0 Å². The van der Waals surface area contributed by atoms with Gasteiger partial charge in [0.2, 0.25) is 0 Å². The summed E-state index contributed by atoms with van der Waals surface area (Å²) in [5, 5.41) is 0. The fraction of sp³-hybridized carbons (Fsp3) is 0.750. The summed E-state index contributed by atoms with van der Waals surface area (Å²) in [6.07, 6.45) is 9.94. The molecule has 0 spiro atoms. The number of allylic oxidation sites excluding steroid dienone is 3. The maximum Gasteiger partial charge on any atom is 0.139 e. The Labute approximate surface area is 134 Å². The molecule has 4 aliphatic rings. The van der Waals surface area contributed by atoms with E-state index in [1.165, 1.54) is 12.8 Å². The molecule has 0 aliphatic heterocycles. The van der Waals surface area contributed by atoms with Crippen molar-refractivity contribution in [2.24, 2.45) is 29.1 Å². The second-order valence-electron chi connectivity index (χ2n) is 8.27. The van der Waals surface area contributed by atoms with Gasteiger partial charge >= 0.3 is 0 Å². The SMILES string of the molecule is COC1=CCC2=C(C1)C[C@@H](C)[C@H]1[C@@H]2CC[C@]2(C)C(=O)CC[C@H]12. The maximum atomic E-state index is 12.4. The molecular weight excluding hydrogens is 272 g/mol. The summed E-state index contributed by atoms with van der Waals surface area (Å²) in [6, 6.07) is 0. The molecule has 0 unspecified atom stereocenters. The third kappa shape index (κ3) is 1.88. The zero-order valence-electron chi connectivity index (χ0n) is 14.2. The molecule has 0 saturated heterocycles. The Balaban J connectivity index is 1.67. The van der Waals surface area contributed by atoms with Crippen molar-refractivity contribution in [3.63, 3.8) is 0 Å². The van der Waals surface area contributed by atoms with E-state index in [0.29, 0.717) is 11.7 Å². The Morgan fingerprint density at radius 3 is 2.91 bits per heavy atom. The normalized spacial score (nSPS) is 44.1. The first-order valence-corrected chi connectivity index (χ1v) is 9.01. The number of rotatable bonds is 1. The maximum absolute atomic E-state index is 12.4. The van der Waals surface area contributed by atoms with Gasteiger partial charge in [0, 0.05) is 18.3 Å². The highest BCUT2D eigenvalue weighted by Crippen LogP contribution is 2.61. The van der Waals surface area contributed by atoms with E-state index in [4.69, 9.17) is 4.74 Å². The van der Waals surface area contributed by atoms with E-state index in [1.54, 1.807) is 18.3 Å². The topological polar surface area (TPSA) is 26.3 Å². The Morgan fingerprint density at radius 2 is 2.14 bits per heavy atom. The lowest BCUT2D eigenvalue weighted by Crippen LogP contribution is -2.46. The van der Waals surface area contributed by atoms with Crippen LogP contribution in [0.2, 0.25) is 0 Å². The van der Waals surface area contributed by atoms with Crippen molar-refractivity contribution in [2.45, 2.75) is 58.8 Å². The minimum atomic E-state index is -0.00428. The molecule has 0 aromatic carbocycles. The Bertz CT molecular complexity index is 570. The van der Waals surface area contributed by atoms with Crippen LogP contribution in [-0.4, -0.2) is 12.9 Å². The molecule has 22 heavy (non-hydrogen) atoms. The van der Waals surface area contributed by atoms with Gasteiger partial charge in [0.05, 0.1) is 12.9 Å². The quantitative estimate of drug-likeness (QED) is 0.658. The number of hydrogen-bond donors (Lipinski definition) is 0. The number of ether oxygens (including phenoxy) is 1.